The Morgan fingerprint density at radius 2 is 2.28 bits per heavy atom. The van der Waals surface area contributed by atoms with Crippen molar-refractivity contribution in [1.29, 1.82) is 0 Å². The summed E-state index contributed by atoms with van der Waals surface area (Å²) in [6.07, 6.45) is 0.475. The molecule has 1 aliphatic rings. The lowest BCUT2D eigenvalue weighted by molar-refractivity contribution is -0.384. The number of benzene rings is 1. The molecule has 2 unspecified atom stereocenters. The lowest BCUT2D eigenvalue weighted by atomic mass is 9.96. The van der Waals surface area contributed by atoms with E-state index in [9.17, 15) is 15.2 Å². The molecule has 0 spiro atoms. The molecule has 1 aromatic rings. The van der Waals surface area contributed by atoms with Gasteiger partial charge in [0.25, 0.3) is 5.69 Å². The standard InChI is InChI=1S/C12H15BrN2O3/c1-8-7-14(5-4-12(8)16)11-3-2-9(15(17)18)6-10(11)13/h2-3,6,8,12,16H,4-5,7H2,1H3. The predicted molar refractivity (Wildman–Crippen MR) is 72.8 cm³/mol. The maximum absolute atomic E-state index is 10.7. The molecule has 1 N–H and O–H groups in total. The smallest absolute Gasteiger partial charge is 0.270 e. The van der Waals surface area contributed by atoms with E-state index in [4.69, 9.17) is 0 Å². The Labute approximate surface area is 114 Å². The first-order chi connectivity index (χ1) is 8.49. The number of halogens is 1. The first-order valence-corrected chi connectivity index (χ1v) is 6.65. The molecule has 0 saturated carbocycles. The first kappa shape index (κ1) is 13.3. The van der Waals surface area contributed by atoms with Gasteiger partial charge in [-0.1, -0.05) is 6.92 Å². The molecule has 6 heteroatoms. The molecule has 1 aliphatic heterocycles. The molecule has 0 aliphatic carbocycles. The number of piperidine rings is 1. The van der Waals surface area contributed by atoms with E-state index < -0.39 is 4.92 Å². The second kappa shape index (κ2) is 5.24. The van der Waals surface area contributed by atoms with E-state index in [-0.39, 0.29) is 17.7 Å². The zero-order valence-electron chi connectivity index (χ0n) is 10.0. The highest BCUT2D eigenvalue weighted by Crippen LogP contribution is 2.32. The van der Waals surface area contributed by atoms with Crippen LogP contribution in [0.3, 0.4) is 0 Å². The number of non-ortho nitro benzene ring substituents is 1. The Kier molecular flexibility index (Phi) is 3.87. The zero-order chi connectivity index (χ0) is 13.3. The van der Waals surface area contributed by atoms with Crippen LogP contribution >= 0.6 is 15.9 Å². The summed E-state index contributed by atoms with van der Waals surface area (Å²) in [5.74, 6) is 0.209. The summed E-state index contributed by atoms with van der Waals surface area (Å²) in [4.78, 5) is 12.4. The molecular formula is C12H15BrN2O3. The molecule has 2 rings (SSSR count). The summed E-state index contributed by atoms with van der Waals surface area (Å²) in [6, 6.07) is 4.79. The van der Waals surface area contributed by atoms with E-state index in [1.54, 1.807) is 6.07 Å². The Morgan fingerprint density at radius 3 is 2.83 bits per heavy atom. The summed E-state index contributed by atoms with van der Waals surface area (Å²) in [6.45, 7) is 3.54. The molecule has 1 saturated heterocycles. The fourth-order valence-electron chi connectivity index (χ4n) is 2.22. The van der Waals surface area contributed by atoms with Crippen LogP contribution in [0.15, 0.2) is 22.7 Å². The van der Waals surface area contributed by atoms with E-state index in [0.29, 0.717) is 0 Å². The van der Waals surface area contributed by atoms with Gasteiger partial charge in [-0.15, -0.1) is 0 Å². The van der Waals surface area contributed by atoms with Crippen LogP contribution in [-0.2, 0) is 0 Å². The average Bonchev–Trinajstić information content (AvgIpc) is 2.32. The topological polar surface area (TPSA) is 66.6 Å². The van der Waals surface area contributed by atoms with Gasteiger partial charge in [-0.05, 0) is 34.3 Å². The molecule has 1 aromatic carbocycles. The van der Waals surface area contributed by atoms with Crippen molar-refractivity contribution in [1.82, 2.24) is 0 Å². The number of hydrogen-bond acceptors (Lipinski definition) is 4. The van der Waals surface area contributed by atoms with Gasteiger partial charge in [0.1, 0.15) is 0 Å². The first-order valence-electron chi connectivity index (χ1n) is 5.86. The van der Waals surface area contributed by atoms with Crippen molar-refractivity contribution in [2.24, 2.45) is 5.92 Å². The zero-order valence-corrected chi connectivity index (χ0v) is 11.6. The van der Waals surface area contributed by atoms with Gasteiger partial charge in [0.2, 0.25) is 0 Å². The fourth-order valence-corrected chi connectivity index (χ4v) is 2.84. The number of hydrogen-bond donors (Lipinski definition) is 1. The van der Waals surface area contributed by atoms with Crippen LogP contribution in [0.4, 0.5) is 11.4 Å². The van der Waals surface area contributed by atoms with Gasteiger partial charge in [0.05, 0.1) is 16.7 Å². The molecule has 0 aromatic heterocycles. The van der Waals surface area contributed by atoms with E-state index in [1.807, 2.05) is 6.92 Å². The molecule has 2 atom stereocenters. The number of nitrogens with zero attached hydrogens (tertiary/aromatic N) is 2. The van der Waals surface area contributed by atoms with Crippen LogP contribution in [0, 0.1) is 16.0 Å². The lowest BCUT2D eigenvalue weighted by Gasteiger charge is -2.36. The van der Waals surface area contributed by atoms with Crippen molar-refractivity contribution in [3.05, 3.63) is 32.8 Å². The molecule has 1 fully saturated rings. The lowest BCUT2D eigenvalue weighted by Crippen LogP contribution is -2.42. The van der Waals surface area contributed by atoms with Crippen molar-refractivity contribution in [2.45, 2.75) is 19.4 Å². The van der Waals surface area contributed by atoms with E-state index >= 15 is 0 Å². The van der Waals surface area contributed by atoms with Crippen molar-refractivity contribution in [2.75, 3.05) is 18.0 Å². The predicted octanol–water partition coefficient (Wildman–Crippen LogP) is 2.56. The largest absolute Gasteiger partial charge is 0.393 e. The summed E-state index contributed by atoms with van der Waals surface area (Å²) in [7, 11) is 0. The number of nitro benzene ring substituents is 1. The van der Waals surface area contributed by atoms with Gasteiger partial charge >= 0.3 is 0 Å². The molecule has 1 heterocycles. The minimum atomic E-state index is -0.406. The minimum Gasteiger partial charge on any atom is -0.393 e. The minimum absolute atomic E-state index is 0.0794. The highest BCUT2D eigenvalue weighted by molar-refractivity contribution is 9.10. The molecule has 18 heavy (non-hydrogen) atoms. The van der Waals surface area contributed by atoms with Crippen LogP contribution in [-0.4, -0.2) is 29.2 Å². The van der Waals surface area contributed by atoms with Crippen molar-refractivity contribution in [3.63, 3.8) is 0 Å². The number of anilines is 1. The second-order valence-electron chi connectivity index (χ2n) is 4.67. The number of rotatable bonds is 2. The molecular weight excluding hydrogens is 300 g/mol. The van der Waals surface area contributed by atoms with Crippen LogP contribution in [0.25, 0.3) is 0 Å². The second-order valence-corrected chi connectivity index (χ2v) is 5.53. The number of aliphatic hydroxyl groups excluding tert-OH is 1. The van der Waals surface area contributed by atoms with Crippen LogP contribution < -0.4 is 4.90 Å². The fraction of sp³-hybridized carbons (Fsp3) is 0.500. The monoisotopic (exact) mass is 314 g/mol. The van der Waals surface area contributed by atoms with Gasteiger partial charge in [-0.2, -0.15) is 0 Å². The van der Waals surface area contributed by atoms with Gasteiger partial charge in [0, 0.05) is 29.7 Å². The Morgan fingerprint density at radius 1 is 1.56 bits per heavy atom. The number of aliphatic hydroxyl groups is 1. The van der Waals surface area contributed by atoms with Crippen LogP contribution in [0.5, 0.6) is 0 Å². The molecule has 0 radical (unpaired) electrons. The van der Waals surface area contributed by atoms with Crippen LogP contribution in [0.1, 0.15) is 13.3 Å². The molecule has 0 amide bonds. The Bertz CT molecular complexity index is 467. The van der Waals surface area contributed by atoms with E-state index in [2.05, 4.69) is 20.8 Å². The van der Waals surface area contributed by atoms with E-state index in [1.165, 1.54) is 12.1 Å². The summed E-state index contributed by atoms with van der Waals surface area (Å²) in [5, 5.41) is 20.4. The molecule has 98 valence electrons. The average molecular weight is 315 g/mol. The Balaban J connectivity index is 2.21. The van der Waals surface area contributed by atoms with Gasteiger partial charge in [-0.25, -0.2) is 0 Å². The normalized spacial score (nSPS) is 24.1. The maximum atomic E-state index is 10.7. The highest BCUT2D eigenvalue weighted by Gasteiger charge is 2.25. The quantitative estimate of drug-likeness (QED) is 0.673. The summed E-state index contributed by atoms with van der Waals surface area (Å²) >= 11 is 3.38. The van der Waals surface area contributed by atoms with Crippen molar-refractivity contribution < 1.29 is 10.0 Å². The van der Waals surface area contributed by atoms with E-state index in [0.717, 1.165) is 29.7 Å². The Hall–Kier alpha value is -1.14. The van der Waals surface area contributed by atoms with Crippen molar-refractivity contribution >= 4 is 27.3 Å². The van der Waals surface area contributed by atoms with Gasteiger partial charge in [0.15, 0.2) is 0 Å². The highest BCUT2D eigenvalue weighted by atomic mass is 79.9. The third kappa shape index (κ3) is 2.64. The van der Waals surface area contributed by atoms with Gasteiger partial charge in [-0.3, -0.25) is 10.1 Å². The molecule has 5 nitrogen and oxygen atoms in total. The third-order valence-corrected chi connectivity index (χ3v) is 3.98. The SMILES string of the molecule is CC1CN(c2ccc([N+](=O)[O-])cc2Br)CCC1O. The third-order valence-electron chi connectivity index (χ3n) is 3.34. The van der Waals surface area contributed by atoms with Crippen LogP contribution in [0.2, 0.25) is 0 Å². The van der Waals surface area contributed by atoms with Crippen molar-refractivity contribution in [3.8, 4) is 0 Å². The number of nitro groups is 1. The van der Waals surface area contributed by atoms with Gasteiger partial charge < -0.3 is 10.0 Å². The maximum Gasteiger partial charge on any atom is 0.270 e. The summed E-state index contributed by atoms with van der Waals surface area (Å²) in [5.41, 5.74) is 1.02. The molecule has 0 bridgehead atoms. The summed E-state index contributed by atoms with van der Waals surface area (Å²) < 4.78 is 0.722.